The number of aromatic nitrogens is 4. The van der Waals surface area contributed by atoms with Gasteiger partial charge in [-0.25, -0.2) is 29.5 Å². The molecule has 2 atom stereocenters. The quantitative estimate of drug-likeness (QED) is 0.102. The molecule has 10 rings (SSSR count). The molecule has 2 aliphatic heterocycles. The van der Waals surface area contributed by atoms with Crippen molar-refractivity contribution >= 4 is 58.0 Å². The molecule has 15 heteroatoms. The van der Waals surface area contributed by atoms with Gasteiger partial charge in [-0.15, -0.1) is 12.4 Å². The molecule has 2 amide bonds. The maximum atomic E-state index is 12.3. The highest BCUT2D eigenvalue weighted by atomic mass is 35.5. The van der Waals surface area contributed by atoms with E-state index >= 15 is 0 Å². The number of nitrogens with one attached hydrogen (secondary N) is 2. The Labute approximate surface area is 406 Å². The van der Waals surface area contributed by atoms with Gasteiger partial charge in [-0.1, -0.05) is 97.1 Å². The molecule has 2 aliphatic rings. The Bertz CT molecular complexity index is 2870. The molecule has 6 aromatic carbocycles. The molecule has 0 bridgehead atoms. The van der Waals surface area contributed by atoms with Crippen LogP contribution in [0, 0.1) is 13.8 Å². The molecule has 0 unspecified atom stereocenters. The third-order valence-electron chi connectivity index (χ3n) is 12.0. The van der Waals surface area contributed by atoms with E-state index in [1.165, 1.54) is 0 Å². The van der Waals surface area contributed by atoms with E-state index < -0.39 is 12.2 Å². The summed E-state index contributed by atoms with van der Waals surface area (Å²) < 4.78 is 10.8. The molecule has 2 fully saturated rings. The van der Waals surface area contributed by atoms with E-state index in [0.29, 0.717) is 35.9 Å². The number of phenolic OH excluding ortho intramolecular Hbond substituents is 2. The van der Waals surface area contributed by atoms with Gasteiger partial charge < -0.3 is 40.1 Å². The fraction of sp³-hybridized carbons (Fsp3) is 0.222. The molecule has 2 saturated heterocycles. The number of carbonyl (C=O) groups is 2. The number of rotatable bonds is 10. The lowest BCUT2D eigenvalue weighted by molar-refractivity contribution is 0.135. The zero-order valence-electron chi connectivity index (χ0n) is 38.3. The number of aromatic hydroxyl groups is 2. The number of anilines is 2. The van der Waals surface area contributed by atoms with Gasteiger partial charge in [0.2, 0.25) is 0 Å². The summed E-state index contributed by atoms with van der Waals surface area (Å²) in [5.74, 6) is 2.83. The summed E-state index contributed by atoms with van der Waals surface area (Å²) in [6.07, 6.45) is 0.718. The van der Waals surface area contributed by atoms with Crippen LogP contribution in [-0.4, -0.2) is 80.6 Å². The molecule has 0 spiro atoms. The molecular weight excluding hydrogens is 892 g/mol. The number of ether oxygens (including phenoxy) is 2. The lowest BCUT2D eigenvalue weighted by Gasteiger charge is -2.21. The number of halogens is 1. The predicted octanol–water partition coefficient (Wildman–Crippen LogP) is 10.1. The van der Waals surface area contributed by atoms with Crippen LogP contribution in [0.5, 0.6) is 11.5 Å². The Balaban J connectivity index is 0.000000183. The lowest BCUT2D eigenvalue weighted by atomic mass is 10.1. The summed E-state index contributed by atoms with van der Waals surface area (Å²) in [6, 6.07) is 45.5. The number of para-hydroxylation sites is 2. The normalized spacial score (nSPS) is 15.2. The number of amides is 2. The summed E-state index contributed by atoms with van der Waals surface area (Å²) in [7, 11) is 0. The first kappa shape index (κ1) is 47.5. The fourth-order valence-corrected chi connectivity index (χ4v) is 8.50. The zero-order valence-corrected chi connectivity index (χ0v) is 39.1. The Morgan fingerprint density at radius 2 is 0.942 bits per heavy atom. The van der Waals surface area contributed by atoms with Crippen molar-refractivity contribution in [3.05, 3.63) is 168 Å². The second-order valence-electron chi connectivity index (χ2n) is 17.1. The predicted molar refractivity (Wildman–Crippen MR) is 271 cm³/mol. The van der Waals surface area contributed by atoms with E-state index in [1.54, 1.807) is 24.3 Å². The van der Waals surface area contributed by atoms with Crippen LogP contribution in [-0.2, 0) is 22.7 Å². The second kappa shape index (κ2) is 21.8. The van der Waals surface area contributed by atoms with Crippen LogP contribution in [0.25, 0.3) is 44.6 Å². The Morgan fingerprint density at radius 1 is 0.551 bits per heavy atom. The van der Waals surface area contributed by atoms with Crippen molar-refractivity contribution in [2.24, 2.45) is 0 Å². The van der Waals surface area contributed by atoms with Crippen molar-refractivity contribution in [3.63, 3.8) is 0 Å². The standard InChI is InChI=1S/2C27H26N4O3.ClH/c2*1-18-11-12-21-23(15-18)29-25(22-9-5-6-10-24(22)32)30-26(21)31-14-13-20(16-31)28-27(33)34-17-19-7-3-2-4-8-19;/h2*2-12,15,20,32H,13-14,16-17H2,1H3,(H,28,33);1H/t2*20-;/m11./s1. The van der Waals surface area contributed by atoms with Gasteiger partial charge in [0, 0.05) is 37.0 Å². The van der Waals surface area contributed by atoms with Gasteiger partial charge in [0.1, 0.15) is 36.3 Å². The smallest absolute Gasteiger partial charge is 0.407 e. The lowest BCUT2D eigenvalue weighted by Crippen LogP contribution is -2.37. The first-order valence-electron chi connectivity index (χ1n) is 22.7. The van der Waals surface area contributed by atoms with Crippen LogP contribution in [0.4, 0.5) is 21.2 Å². The molecule has 14 nitrogen and oxygen atoms in total. The highest BCUT2D eigenvalue weighted by Gasteiger charge is 2.29. The van der Waals surface area contributed by atoms with Crippen LogP contribution >= 0.6 is 12.4 Å². The summed E-state index contributed by atoms with van der Waals surface area (Å²) in [6.45, 7) is 7.23. The SMILES string of the molecule is Cc1ccc2c(N3CC[C@@H](NC(=O)OCc4ccccc4)C3)nc(-c3ccccc3O)nc2c1.Cc1ccc2c(N3CC[C@@H](NC(=O)OCc4ccccc4)C3)nc(-c3ccccc3O)nc2c1.Cl. The number of aryl methyl sites for hydroxylation is 2. The molecule has 69 heavy (non-hydrogen) atoms. The van der Waals surface area contributed by atoms with Crippen molar-refractivity contribution in [1.29, 1.82) is 0 Å². The maximum absolute atomic E-state index is 12.3. The average molecular weight is 946 g/mol. The molecule has 0 saturated carbocycles. The van der Waals surface area contributed by atoms with Crippen molar-refractivity contribution in [2.45, 2.75) is 52.0 Å². The zero-order chi connectivity index (χ0) is 47.0. The molecule has 2 aromatic heterocycles. The first-order valence-corrected chi connectivity index (χ1v) is 22.7. The van der Waals surface area contributed by atoms with E-state index in [0.717, 1.165) is 81.6 Å². The molecule has 0 radical (unpaired) electrons. The largest absolute Gasteiger partial charge is 0.507 e. The second-order valence-corrected chi connectivity index (χ2v) is 17.1. The van der Waals surface area contributed by atoms with Crippen LogP contribution in [0.15, 0.2) is 146 Å². The monoisotopic (exact) mass is 944 g/mol. The molecule has 4 heterocycles. The van der Waals surface area contributed by atoms with E-state index in [-0.39, 0.29) is 49.2 Å². The third kappa shape index (κ3) is 11.6. The van der Waals surface area contributed by atoms with Crippen molar-refractivity contribution in [3.8, 4) is 34.3 Å². The average Bonchev–Trinajstić information content (AvgIpc) is 4.03. The molecule has 4 N–H and O–H groups in total. The van der Waals surface area contributed by atoms with Gasteiger partial charge in [-0.2, -0.15) is 0 Å². The van der Waals surface area contributed by atoms with Crippen LogP contribution in [0.3, 0.4) is 0 Å². The number of fused-ring (bicyclic) bond motifs is 2. The number of nitrogens with zero attached hydrogens (tertiary/aromatic N) is 6. The number of phenols is 2. The summed E-state index contributed by atoms with van der Waals surface area (Å²) in [5.41, 5.74) is 6.92. The van der Waals surface area contributed by atoms with Gasteiger partial charge >= 0.3 is 12.2 Å². The Hall–Kier alpha value is -7.97. The number of alkyl carbamates (subject to hydrolysis) is 2. The summed E-state index contributed by atoms with van der Waals surface area (Å²) in [5, 5.41) is 28.6. The highest BCUT2D eigenvalue weighted by Crippen LogP contribution is 2.35. The molecule has 8 aromatic rings. The topological polar surface area (TPSA) is 175 Å². The molecular formula is C54H53ClN8O6. The maximum Gasteiger partial charge on any atom is 0.407 e. The fourth-order valence-electron chi connectivity index (χ4n) is 8.50. The number of hydrogen-bond donors (Lipinski definition) is 4. The molecule has 352 valence electrons. The first-order chi connectivity index (χ1) is 33.1. The van der Waals surface area contributed by atoms with Gasteiger partial charge in [0.25, 0.3) is 0 Å². The van der Waals surface area contributed by atoms with E-state index in [1.807, 2.05) is 135 Å². The minimum absolute atomic E-state index is 0. The van der Waals surface area contributed by atoms with Crippen LogP contribution < -0.4 is 20.4 Å². The van der Waals surface area contributed by atoms with Crippen LogP contribution in [0.2, 0.25) is 0 Å². The minimum Gasteiger partial charge on any atom is -0.507 e. The highest BCUT2D eigenvalue weighted by molar-refractivity contribution is 5.93. The van der Waals surface area contributed by atoms with Crippen molar-refractivity contribution in [2.75, 3.05) is 36.0 Å². The van der Waals surface area contributed by atoms with E-state index in [2.05, 4.69) is 20.4 Å². The van der Waals surface area contributed by atoms with E-state index in [9.17, 15) is 19.8 Å². The summed E-state index contributed by atoms with van der Waals surface area (Å²) in [4.78, 5) is 48.1. The Morgan fingerprint density at radius 3 is 1.35 bits per heavy atom. The van der Waals surface area contributed by atoms with E-state index in [4.69, 9.17) is 29.4 Å². The van der Waals surface area contributed by atoms with Gasteiger partial charge in [-0.05, 0) is 97.5 Å². The number of hydrogen-bond acceptors (Lipinski definition) is 12. The van der Waals surface area contributed by atoms with Gasteiger partial charge in [0.05, 0.1) is 34.2 Å². The third-order valence-corrected chi connectivity index (χ3v) is 12.0. The number of benzene rings is 6. The molecule has 0 aliphatic carbocycles. The van der Waals surface area contributed by atoms with Gasteiger partial charge in [0.15, 0.2) is 11.6 Å². The van der Waals surface area contributed by atoms with Crippen molar-refractivity contribution < 1.29 is 29.3 Å². The summed E-state index contributed by atoms with van der Waals surface area (Å²) >= 11 is 0. The van der Waals surface area contributed by atoms with Crippen molar-refractivity contribution in [1.82, 2.24) is 30.6 Å². The number of carbonyl (C=O) groups excluding carboxylic acids is 2. The van der Waals surface area contributed by atoms with Gasteiger partial charge in [-0.3, -0.25) is 0 Å². The Kier molecular flexibility index (Phi) is 15.0. The van der Waals surface area contributed by atoms with Crippen LogP contribution in [0.1, 0.15) is 35.1 Å². The minimum atomic E-state index is -0.422.